The number of hydrogen-bond acceptors (Lipinski definition) is 5. The van der Waals surface area contributed by atoms with Gasteiger partial charge in [0.05, 0.1) is 42.4 Å². The number of carbonyl (C=O) groups is 1. The van der Waals surface area contributed by atoms with Crippen LogP contribution in [-0.2, 0) is 16.2 Å². The number of pyridine rings is 1. The van der Waals surface area contributed by atoms with Crippen LogP contribution >= 0.6 is 0 Å². The number of benzene rings is 1. The molecule has 5 rings (SSSR count). The number of ether oxygens (including phenoxy) is 1. The van der Waals surface area contributed by atoms with Gasteiger partial charge in [-0.2, -0.15) is 5.26 Å². The average Bonchev–Trinajstić information content (AvgIpc) is 3.51. The van der Waals surface area contributed by atoms with Crippen molar-refractivity contribution in [3.05, 3.63) is 59.5 Å². The van der Waals surface area contributed by atoms with Crippen LogP contribution in [0.4, 0.5) is 4.39 Å². The Morgan fingerprint density at radius 1 is 1.21 bits per heavy atom. The molecule has 1 saturated heterocycles. The molecule has 1 atom stereocenters. The van der Waals surface area contributed by atoms with Gasteiger partial charge in [-0.1, -0.05) is 0 Å². The molecular formula is C26H27FN4O3. The molecule has 2 aliphatic rings. The molecule has 3 aromatic rings. The summed E-state index contributed by atoms with van der Waals surface area (Å²) in [6, 6.07) is 11.8. The fourth-order valence-electron chi connectivity index (χ4n) is 5.24. The van der Waals surface area contributed by atoms with Crippen molar-refractivity contribution in [2.45, 2.75) is 44.7 Å². The first-order chi connectivity index (χ1) is 16.6. The number of rotatable bonds is 5. The number of amides is 1. The number of halogens is 1. The summed E-state index contributed by atoms with van der Waals surface area (Å²) in [7, 11) is 1.61. The normalized spacial score (nSPS) is 22.6. The van der Waals surface area contributed by atoms with Gasteiger partial charge < -0.3 is 9.30 Å². The Labute approximate surface area is 197 Å². The molecule has 0 unspecified atom stereocenters. The predicted octanol–water partition coefficient (Wildman–Crippen LogP) is 4.77. The first kappa shape index (κ1) is 22.4. The van der Waals surface area contributed by atoms with Crippen LogP contribution in [0.2, 0.25) is 0 Å². The highest BCUT2D eigenvalue weighted by molar-refractivity contribution is 5.79. The van der Waals surface area contributed by atoms with E-state index >= 15 is 0 Å². The Bertz CT molecular complexity index is 1240. The molecule has 2 fully saturated rings. The van der Waals surface area contributed by atoms with E-state index in [0.717, 1.165) is 43.3 Å². The van der Waals surface area contributed by atoms with E-state index in [1.807, 2.05) is 24.3 Å². The minimum Gasteiger partial charge on any atom is -0.481 e. The van der Waals surface area contributed by atoms with Crippen molar-refractivity contribution in [3.8, 4) is 11.9 Å². The lowest BCUT2D eigenvalue weighted by atomic mass is 9.81. The van der Waals surface area contributed by atoms with Crippen molar-refractivity contribution in [3.63, 3.8) is 0 Å². The molecule has 34 heavy (non-hydrogen) atoms. The molecule has 0 radical (unpaired) electrons. The van der Waals surface area contributed by atoms with Crippen molar-refractivity contribution in [1.82, 2.24) is 14.6 Å². The third-order valence-corrected chi connectivity index (χ3v) is 7.01. The largest absolute Gasteiger partial charge is 0.481 e. The maximum atomic E-state index is 14.0. The van der Waals surface area contributed by atoms with Gasteiger partial charge >= 0.3 is 0 Å². The van der Waals surface area contributed by atoms with E-state index in [4.69, 9.17) is 14.8 Å². The Morgan fingerprint density at radius 3 is 2.79 bits per heavy atom. The van der Waals surface area contributed by atoms with Gasteiger partial charge in [0.2, 0.25) is 11.8 Å². The molecule has 8 heteroatoms. The van der Waals surface area contributed by atoms with Gasteiger partial charge in [0.15, 0.2) is 0 Å². The highest BCUT2D eigenvalue weighted by Gasteiger charge is 2.37. The number of carbonyl (C=O) groups excluding carboxylic acids is 1. The van der Waals surface area contributed by atoms with Crippen LogP contribution in [0, 0.1) is 29.0 Å². The third kappa shape index (κ3) is 4.36. The van der Waals surface area contributed by atoms with Gasteiger partial charge in [-0.25, -0.2) is 14.4 Å². The van der Waals surface area contributed by atoms with E-state index in [1.54, 1.807) is 13.2 Å². The molecule has 0 spiro atoms. The lowest BCUT2D eigenvalue weighted by Gasteiger charge is -2.32. The molecule has 1 aliphatic carbocycles. The summed E-state index contributed by atoms with van der Waals surface area (Å²) < 4.78 is 21.4. The van der Waals surface area contributed by atoms with Crippen molar-refractivity contribution < 1.29 is 18.8 Å². The summed E-state index contributed by atoms with van der Waals surface area (Å²) in [4.78, 5) is 23.5. The van der Waals surface area contributed by atoms with Gasteiger partial charge in [-0.05, 0) is 67.5 Å². The SMILES string of the molecule is COc1ccc2c(ccn2CC2CCC(C(=O)N3OCC[C@H]3c3cc(F)cc(C#N)c3)CC2)n1. The summed E-state index contributed by atoms with van der Waals surface area (Å²) >= 11 is 0. The van der Waals surface area contributed by atoms with Gasteiger partial charge in [0.25, 0.3) is 0 Å². The Morgan fingerprint density at radius 2 is 2.03 bits per heavy atom. The van der Waals surface area contributed by atoms with Crippen molar-refractivity contribution in [1.29, 1.82) is 5.26 Å². The Kier molecular flexibility index (Phi) is 6.20. The van der Waals surface area contributed by atoms with Crippen LogP contribution in [0.5, 0.6) is 5.88 Å². The van der Waals surface area contributed by atoms with Crippen LogP contribution in [0.3, 0.4) is 0 Å². The summed E-state index contributed by atoms with van der Waals surface area (Å²) in [5.41, 5.74) is 2.86. The van der Waals surface area contributed by atoms with Crippen LogP contribution in [-0.4, -0.2) is 34.2 Å². The number of methoxy groups -OCH3 is 1. The molecule has 2 aromatic heterocycles. The molecule has 0 bridgehead atoms. The molecule has 3 heterocycles. The molecule has 0 N–H and O–H groups in total. The zero-order valence-electron chi connectivity index (χ0n) is 19.1. The fraction of sp³-hybridized carbons (Fsp3) is 0.423. The highest BCUT2D eigenvalue weighted by atomic mass is 19.1. The molecule has 1 aliphatic heterocycles. The van der Waals surface area contributed by atoms with Gasteiger partial charge in [0, 0.05) is 31.1 Å². The fourth-order valence-corrected chi connectivity index (χ4v) is 5.24. The van der Waals surface area contributed by atoms with E-state index in [9.17, 15) is 9.18 Å². The van der Waals surface area contributed by atoms with E-state index in [-0.39, 0.29) is 23.4 Å². The minimum absolute atomic E-state index is 0.0357. The van der Waals surface area contributed by atoms with Crippen molar-refractivity contribution in [2.24, 2.45) is 11.8 Å². The van der Waals surface area contributed by atoms with E-state index < -0.39 is 5.82 Å². The maximum Gasteiger partial charge on any atom is 0.249 e. The molecule has 1 saturated carbocycles. The summed E-state index contributed by atoms with van der Waals surface area (Å²) in [6.45, 7) is 1.30. The van der Waals surface area contributed by atoms with E-state index in [2.05, 4.69) is 15.7 Å². The molecule has 7 nitrogen and oxygen atoms in total. The third-order valence-electron chi connectivity index (χ3n) is 7.01. The Balaban J connectivity index is 1.22. The quantitative estimate of drug-likeness (QED) is 0.546. The lowest BCUT2D eigenvalue weighted by molar-refractivity contribution is -0.183. The number of hydroxylamine groups is 2. The van der Waals surface area contributed by atoms with Crippen LogP contribution in [0.25, 0.3) is 11.0 Å². The monoisotopic (exact) mass is 462 g/mol. The number of hydrogen-bond donors (Lipinski definition) is 0. The van der Waals surface area contributed by atoms with Crippen LogP contribution in [0.15, 0.2) is 42.6 Å². The van der Waals surface area contributed by atoms with Gasteiger partial charge in [-0.15, -0.1) is 0 Å². The van der Waals surface area contributed by atoms with Gasteiger partial charge in [-0.3, -0.25) is 9.63 Å². The van der Waals surface area contributed by atoms with Crippen molar-refractivity contribution >= 4 is 16.9 Å². The predicted molar refractivity (Wildman–Crippen MR) is 123 cm³/mol. The maximum absolute atomic E-state index is 14.0. The second-order valence-corrected chi connectivity index (χ2v) is 9.13. The van der Waals surface area contributed by atoms with Gasteiger partial charge in [0.1, 0.15) is 5.82 Å². The molecule has 1 aromatic carbocycles. The highest BCUT2D eigenvalue weighted by Crippen LogP contribution is 2.37. The zero-order valence-corrected chi connectivity index (χ0v) is 19.1. The summed E-state index contributed by atoms with van der Waals surface area (Å²) in [5.74, 6) is 0.479. The number of nitrogens with zero attached hydrogens (tertiary/aromatic N) is 4. The first-order valence-electron chi connectivity index (χ1n) is 11.7. The van der Waals surface area contributed by atoms with Crippen LogP contribution < -0.4 is 4.74 Å². The van der Waals surface area contributed by atoms with E-state index in [0.29, 0.717) is 30.4 Å². The smallest absolute Gasteiger partial charge is 0.249 e. The second kappa shape index (κ2) is 9.43. The first-order valence-corrected chi connectivity index (χ1v) is 11.7. The topological polar surface area (TPSA) is 80.4 Å². The average molecular weight is 463 g/mol. The number of fused-ring (bicyclic) bond motifs is 1. The number of nitriles is 1. The van der Waals surface area contributed by atoms with Crippen molar-refractivity contribution in [2.75, 3.05) is 13.7 Å². The molecule has 1 amide bonds. The summed E-state index contributed by atoms with van der Waals surface area (Å²) in [6.07, 6.45) is 6.16. The minimum atomic E-state index is -0.472. The number of aromatic nitrogens is 2. The van der Waals surface area contributed by atoms with E-state index in [1.165, 1.54) is 17.2 Å². The standard InChI is InChI=1S/C26H27FN4O3/c1-33-25-7-6-24-22(29-25)8-10-30(24)16-17-2-4-19(5-3-17)26(32)31-23(9-11-34-31)20-12-18(15-28)13-21(27)14-20/h6-8,10,12-14,17,19,23H,2-5,9,11,16H2,1H3/t17?,19?,23-/m0/s1. The Hall–Kier alpha value is -3.44. The second-order valence-electron chi connectivity index (χ2n) is 9.13. The lowest BCUT2D eigenvalue weighted by Crippen LogP contribution is -2.37. The zero-order chi connectivity index (χ0) is 23.7. The van der Waals surface area contributed by atoms with Crippen LogP contribution in [0.1, 0.15) is 49.3 Å². The molecular weight excluding hydrogens is 435 g/mol. The summed E-state index contributed by atoms with van der Waals surface area (Å²) in [5, 5.41) is 10.6. The molecule has 176 valence electrons.